The van der Waals surface area contributed by atoms with Crippen LogP contribution in [0.4, 0.5) is 10.2 Å². The molecule has 134 valence electrons. The van der Waals surface area contributed by atoms with E-state index < -0.39 is 9.84 Å². The molecule has 3 rings (SSSR count). The molecule has 0 aliphatic carbocycles. The molecule has 1 atom stereocenters. The Labute approximate surface area is 146 Å². The zero-order valence-corrected chi connectivity index (χ0v) is 14.7. The van der Waals surface area contributed by atoms with Gasteiger partial charge in [-0.3, -0.25) is 4.79 Å². The largest absolute Gasteiger partial charge is 0.311 e. The van der Waals surface area contributed by atoms with E-state index in [0.717, 1.165) is 5.56 Å². The number of aryl methyl sites for hydroxylation is 2. The molecule has 1 fully saturated rings. The number of carbonyl (C=O) groups is 1. The Balaban J connectivity index is 1.65. The molecule has 2 aromatic rings. The van der Waals surface area contributed by atoms with Gasteiger partial charge in [-0.25, -0.2) is 17.5 Å². The number of hydrogen-bond acceptors (Lipinski definition) is 4. The van der Waals surface area contributed by atoms with E-state index in [-0.39, 0.29) is 35.7 Å². The molecule has 0 radical (unpaired) electrons. The highest BCUT2D eigenvalue weighted by Gasteiger charge is 2.31. The lowest BCUT2D eigenvalue weighted by Gasteiger charge is -2.13. The average Bonchev–Trinajstić information content (AvgIpc) is 3.07. The number of hydrogen-bond donors (Lipinski definition) is 1. The molecular formula is C17H20FN3O3S. The summed E-state index contributed by atoms with van der Waals surface area (Å²) in [5.41, 5.74) is 1.46. The van der Waals surface area contributed by atoms with E-state index in [2.05, 4.69) is 10.4 Å². The standard InChI is InChI=1S/C17H20FN3O3S/c1-12-9-16(21(20-12)15-7-8-25(23,24)11-15)19-17(22)6-5-13-3-2-4-14(18)10-13/h2-4,9-10,15H,5-8,11H2,1H3,(H,19,22). The Morgan fingerprint density at radius 1 is 1.40 bits per heavy atom. The van der Waals surface area contributed by atoms with Crippen molar-refractivity contribution in [3.05, 3.63) is 47.4 Å². The lowest BCUT2D eigenvalue weighted by atomic mass is 10.1. The van der Waals surface area contributed by atoms with E-state index in [4.69, 9.17) is 0 Å². The zero-order chi connectivity index (χ0) is 18.0. The van der Waals surface area contributed by atoms with Crippen LogP contribution in [0.2, 0.25) is 0 Å². The van der Waals surface area contributed by atoms with Gasteiger partial charge >= 0.3 is 0 Å². The summed E-state index contributed by atoms with van der Waals surface area (Å²) in [4.78, 5) is 12.2. The molecule has 1 saturated heterocycles. The van der Waals surface area contributed by atoms with Crippen LogP contribution in [-0.4, -0.2) is 35.6 Å². The Hall–Kier alpha value is -2.22. The molecule has 25 heavy (non-hydrogen) atoms. The maximum atomic E-state index is 13.2. The normalized spacial score (nSPS) is 19.0. The van der Waals surface area contributed by atoms with E-state index in [1.54, 1.807) is 29.8 Å². The number of amides is 1. The topological polar surface area (TPSA) is 81.1 Å². The van der Waals surface area contributed by atoms with Gasteiger partial charge in [-0.15, -0.1) is 0 Å². The summed E-state index contributed by atoms with van der Waals surface area (Å²) < 4.78 is 38.1. The highest BCUT2D eigenvalue weighted by atomic mass is 32.2. The van der Waals surface area contributed by atoms with Crippen LogP contribution < -0.4 is 5.32 Å². The summed E-state index contributed by atoms with van der Waals surface area (Å²) in [5, 5.41) is 7.12. The maximum Gasteiger partial charge on any atom is 0.225 e. The number of benzene rings is 1. The van der Waals surface area contributed by atoms with Crippen LogP contribution in [-0.2, 0) is 21.1 Å². The minimum atomic E-state index is -3.04. The molecular weight excluding hydrogens is 345 g/mol. The van der Waals surface area contributed by atoms with Crippen LogP contribution in [0, 0.1) is 12.7 Å². The third kappa shape index (κ3) is 4.45. The van der Waals surface area contributed by atoms with Crippen LogP contribution in [0.1, 0.15) is 30.1 Å². The molecule has 1 aromatic carbocycles. The van der Waals surface area contributed by atoms with Gasteiger partial charge in [0, 0.05) is 12.5 Å². The van der Waals surface area contributed by atoms with Gasteiger partial charge in [-0.05, 0) is 37.5 Å². The van der Waals surface area contributed by atoms with Crippen LogP contribution in [0.15, 0.2) is 30.3 Å². The van der Waals surface area contributed by atoms with Gasteiger partial charge in [0.25, 0.3) is 0 Å². The Bertz CT molecular complexity index is 892. The van der Waals surface area contributed by atoms with Crippen molar-refractivity contribution in [1.82, 2.24) is 9.78 Å². The van der Waals surface area contributed by atoms with E-state index >= 15 is 0 Å². The van der Waals surface area contributed by atoms with Crippen molar-refractivity contribution in [1.29, 1.82) is 0 Å². The first kappa shape index (κ1) is 17.6. The number of nitrogens with one attached hydrogen (secondary N) is 1. The Morgan fingerprint density at radius 2 is 2.20 bits per heavy atom. The van der Waals surface area contributed by atoms with Crippen molar-refractivity contribution in [3.63, 3.8) is 0 Å². The Morgan fingerprint density at radius 3 is 2.88 bits per heavy atom. The first-order valence-corrected chi connectivity index (χ1v) is 9.95. The quantitative estimate of drug-likeness (QED) is 0.881. The number of sulfone groups is 1. The van der Waals surface area contributed by atoms with Gasteiger partial charge in [0.2, 0.25) is 5.91 Å². The Kier molecular flexibility index (Phi) is 4.89. The van der Waals surface area contributed by atoms with Crippen molar-refractivity contribution < 1.29 is 17.6 Å². The predicted octanol–water partition coefficient (Wildman–Crippen LogP) is 2.26. The monoisotopic (exact) mass is 365 g/mol. The molecule has 1 aliphatic rings. The van der Waals surface area contributed by atoms with Gasteiger partial charge in [0.15, 0.2) is 9.84 Å². The number of carbonyl (C=O) groups excluding carboxylic acids is 1. The van der Waals surface area contributed by atoms with Crippen molar-refractivity contribution in [2.24, 2.45) is 0 Å². The van der Waals surface area contributed by atoms with Gasteiger partial charge in [0.05, 0.1) is 23.2 Å². The SMILES string of the molecule is Cc1cc(NC(=O)CCc2cccc(F)c2)n(C2CCS(=O)(=O)C2)n1. The van der Waals surface area contributed by atoms with Crippen molar-refractivity contribution >= 4 is 21.6 Å². The average molecular weight is 365 g/mol. The molecule has 1 amide bonds. The fourth-order valence-corrected chi connectivity index (χ4v) is 4.70. The number of rotatable bonds is 5. The third-order valence-electron chi connectivity index (χ3n) is 4.21. The number of anilines is 1. The fraction of sp³-hybridized carbons (Fsp3) is 0.412. The first-order chi connectivity index (χ1) is 11.8. The van der Waals surface area contributed by atoms with Gasteiger partial charge in [-0.2, -0.15) is 5.10 Å². The van der Waals surface area contributed by atoms with Crippen LogP contribution in [0.3, 0.4) is 0 Å². The molecule has 8 heteroatoms. The third-order valence-corrected chi connectivity index (χ3v) is 5.96. The fourth-order valence-electron chi connectivity index (χ4n) is 3.01. The van der Waals surface area contributed by atoms with Crippen molar-refractivity contribution in [3.8, 4) is 0 Å². The molecule has 6 nitrogen and oxygen atoms in total. The van der Waals surface area contributed by atoms with Crippen LogP contribution >= 0.6 is 0 Å². The van der Waals surface area contributed by atoms with E-state index in [1.807, 2.05) is 0 Å². The molecule has 0 spiro atoms. The summed E-state index contributed by atoms with van der Waals surface area (Å²) in [5.74, 6) is 0.147. The highest BCUT2D eigenvalue weighted by Crippen LogP contribution is 2.27. The number of halogens is 1. The summed E-state index contributed by atoms with van der Waals surface area (Å²) in [7, 11) is -3.04. The first-order valence-electron chi connectivity index (χ1n) is 8.13. The van der Waals surface area contributed by atoms with Gasteiger partial charge in [-0.1, -0.05) is 12.1 Å². The summed E-state index contributed by atoms with van der Waals surface area (Å²) in [6, 6.07) is 7.63. The summed E-state index contributed by atoms with van der Waals surface area (Å²) in [6.07, 6.45) is 1.13. The second kappa shape index (κ2) is 6.95. The van der Waals surface area contributed by atoms with E-state index in [9.17, 15) is 17.6 Å². The minimum Gasteiger partial charge on any atom is -0.311 e. The minimum absolute atomic E-state index is 0.0419. The lowest BCUT2D eigenvalue weighted by molar-refractivity contribution is -0.116. The molecule has 1 unspecified atom stereocenters. The van der Waals surface area contributed by atoms with Crippen LogP contribution in [0.5, 0.6) is 0 Å². The van der Waals surface area contributed by atoms with E-state index in [0.29, 0.717) is 24.4 Å². The highest BCUT2D eigenvalue weighted by molar-refractivity contribution is 7.91. The van der Waals surface area contributed by atoms with Gasteiger partial charge < -0.3 is 5.32 Å². The smallest absolute Gasteiger partial charge is 0.225 e. The van der Waals surface area contributed by atoms with Crippen molar-refractivity contribution in [2.45, 2.75) is 32.2 Å². The zero-order valence-electron chi connectivity index (χ0n) is 13.9. The maximum absolute atomic E-state index is 13.2. The molecule has 2 heterocycles. The summed E-state index contributed by atoms with van der Waals surface area (Å²) in [6.45, 7) is 1.79. The predicted molar refractivity (Wildman–Crippen MR) is 92.6 cm³/mol. The van der Waals surface area contributed by atoms with Crippen LogP contribution in [0.25, 0.3) is 0 Å². The second-order valence-electron chi connectivity index (χ2n) is 6.35. The molecule has 1 aromatic heterocycles. The second-order valence-corrected chi connectivity index (χ2v) is 8.58. The molecule has 1 aliphatic heterocycles. The summed E-state index contributed by atoms with van der Waals surface area (Å²) >= 11 is 0. The number of nitrogens with zero attached hydrogens (tertiary/aromatic N) is 2. The van der Waals surface area contributed by atoms with E-state index in [1.165, 1.54) is 12.1 Å². The van der Waals surface area contributed by atoms with Gasteiger partial charge in [0.1, 0.15) is 11.6 Å². The number of aromatic nitrogens is 2. The van der Waals surface area contributed by atoms with Crippen molar-refractivity contribution in [2.75, 3.05) is 16.8 Å². The lowest BCUT2D eigenvalue weighted by Crippen LogP contribution is -2.19. The molecule has 1 N–H and O–H groups in total. The molecule has 0 saturated carbocycles. The molecule has 0 bridgehead atoms.